The fourth-order valence-electron chi connectivity index (χ4n) is 3.18. The minimum Gasteiger partial charge on any atom is -0.379 e. The van der Waals surface area contributed by atoms with Crippen LogP contribution in [0.5, 0.6) is 0 Å². The molecule has 0 bridgehead atoms. The van der Waals surface area contributed by atoms with Crippen LogP contribution in [0, 0.1) is 0 Å². The number of hydrogen-bond acceptors (Lipinski definition) is 5. The number of carbonyl (C=O) groups is 2. The Labute approximate surface area is 158 Å². The Kier molecular flexibility index (Phi) is 6.85. The molecule has 0 atom stereocenters. The largest absolute Gasteiger partial charge is 0.379 e. The van der Waals surface area contributed by atoms with Gasteiger partial charge in [-0.05, 0) is 18.2 Å². The molecule has 2 heterocycles. The van der Waals surface area contributed by atoms with Crippen LogP contribution in [0.4, 0.5) is 5.69 Å². The van der Waals surface area contributed by atoms with E-state index in [1.54, 1.807) is 18.2 Å². The van der Waals surface area contributed by atoms with Crippen molar-refractivity contribution in [1.82, 2.24) is 14.7 Å². The second-order valence-electron chi connectivity index (χ2n) is 6.60. The molecule has 8 heteroatoms. The third-order valence-electron chi connectivity index (χ3n) is 4.66. The number of carbonyl (C=O) groups excluding carboxylic acids is 2. The third-order valence-corrected chi connectivity index (χ3v) is 4.90. The van der Waals surface area contributed by atoms with Gasteiger partial charge in [0, 0.05) is 50.0 Å². The van der Waals surface area contributed by atoms with Gasteiger partial charge in [0.2, 0.25) is 11.8 Å². The zero-order valence-electron chi connectivity index (χ0n) is 14.8. The van der Waals surface area contributed by atoms with Gasteiger partial charge < -0.3 is 15.0 Å². The summed E-state index contributed by atoms with van der Waals surface area (Å²) in [4.78, 5) is 30.7. The number of rotatable bonds is 5. The summed E-state index contributed by atoms with van der Waals surface area (Å²) >= 11 is 5.93. The van der Waals surface area contributed by atoms with Crippen LogP contribution in [0.2, 0.25) is 5.02 Å². The molecule has 0 spiro atoms. The summed E-state index contributed by atoms with van der Waals surface area (Å²) < 4.78 is 5.31. The summed E-state index contributed by atoms with van der Waals surface area (Å²) in [6.07, 6.45) is 0. The molecule has 1 aromatic rings. The highest BCUT2D eigenvalue weighted by Gasteiger charge is 2.24. The number of ether oxygens (including phenoxy) is 1. The van der Waals surface area contributed by atoms with Crippen LogP contribution in [-0.4, -0.2) is 92.1 Å². The summed E-state index contributed by atoms with van der Waals surface area (Å²) in [5.41, 5.74) is 0.696. The van der Waals surface area contributed by atoms with Gasteiger partial charge in [0.1, 0.15) is 0 Å². The quantitative estimate of drug-likeness (QED) is 0.816. The summed E-state index contributed by atoms with van der Waals surface area (Å²) in [6.45, 7) is 6.53. The first-order valence-corrected chi connectivity index (χ1v) is 9.33. The highest BCUT2D eigenvalue weighted by Crippen LogP contribution is 2.15. The molecule has 2 aliphatic rings. The average molecular weight is 381 g/mol. The maximum absolute atomic E-state index is 12.4. The lowest BCUT2D eigenvalue weighted by Gasteiger charge is -2.36. The van der Waals surface area contributed by atoms with Gasteiger partial charge >= 0.3 is 0 Å². The number of benzene rings is 1. The maximum atomic E-state index is 12.4. The van der Waals surface area contributed by atoms with Crippen molar-refractivity contribution in [1.29, 1.82) is 0 Å². The molecule has 2 aliphatic heterocycles. The zero-order chi connectivity index (χ0) is 18.4. The lowest BCUT2D eigenvalue weighted by molar-refractivity contribution is -0.135. The number of piperazine rings is 1. The Balaban J connectivity index is 1.39. The average Bonchev–Trinajstić information content (AvgIpc) is 2.63. The lowest BCUT2D eigenvalue weighted by atomic mass is 10.2. The van der Waals surface area contributed by atoms with Crippen molar-refractivity contribution in [2.45, 2.75) is 0 Å². The van der Waals surface area contributed by atoms with Crippen LogP contribution in [-0.2, 0) is 14.3 Å². The van der Waals surface area contributed by atoms with Crippen LogP contribution < -0.4 is 5.32 Å². The van der Waals surface area contributed by atoms with Crippen molar-refractivity contribution < 1.29 is 14.3 Å². The second-order valence-corrected chi connectivity index (χ2v) is 7.04. The highest BCUT2D eigenvalue weighted by atomic mass is 35.5. The van der Waals surface area contributed by atoms with E-state index in [1.807, 2.05) is 11.0 Å². The molecule has 142 valence electrons. The lowest BCUT2D eigenvalue weighted by Crippen LogP contribution is -2.53. The predicted molar refractivity (Wildman–Crippen MR) is 100 cm³/mol. The van der Waals surface area contributed by atoms with Crippen molar-refractivity contribution in [3.63, 3.8) is 0 Å². The van der Waals surface area contributed by atoms with E-state index in [-0.39, 0.29) is 11.8 Å². The van der Waals surface area contributed by atoms with E-state index in [0.29, 0.717) is 63.2 Å². The first-order chi connectivity index (χ1) is 12.6. The topological polar surface area (TPSA) is 65.1 Å². The van der Waals surface area contributed by atoms with Crippen molar-refractivity contribution in [2.24, 2.45) is 0 Å². The van der Waals surface area contributed by atoms with Crippen LogP contribution in [0.1, 0.15) is 0 Å². The Bertz CT molecular complexity index is 629. The number of hydrogen-bond donors (Lipinski definition) is 1. The number of nitrogens with one attached hydrogen (secondary N) is 1. The van der Waals surface area contributed by atoms with E-state index in [0.717, 1.165) is 13.1 Å². The van der Waals surface area contributed by atoms with Gasteiger partial charge in [-0.25, -0.2) is 0 Å². The summed E-state index contributed by atoms with van der Waals surface area (Å²) in [7, 11) is 0. The molecule has 2 fully saturated rings. The van der Waals surface area contributed by atoms with Gasteiger partial charge in [-0.1, -0.05) is 17.7 Å². The standard InChI is InChI=1S/C18H25ClN4O3/c19-15-2-1-3-16(12-15)20-17(24)13-21-4-6-23(7-5-21)18(25)14-22-8-10-26-11-9-22/h1-3,12H,4-11,13-14H2,(H,20,24). The van der Waals surface area contributed by atoms with Crippen molar-refractivity contribution in [3.8, 4) is 0 Å². The normalized spacial score (nSPS) is 19.3. The molecule has 0 aromatic heterocycles. The van der Waals surface area contributed by atoms with E-state index in [1.165, 1.54) is 0 Å². The molecule has 0 aliphatic carbocycles. The molecule has 7 nitrogen and oxygen atoms in total. The molecule has 0 radical (unpaired) electrons. The summed E-state index contributed by atoms with van der Waals surface area (Å²) in [5, 5.41) is 3.45. The molecule has 0 saturated carbocycles. The van der Waals surface area contributed by atoms with Crippen molar-refractivity contribution >= 4 is 29.1 Å². The minimum atomic E-state index is -0.0691. The number of amides is 2. The zero-order valence-corrected chi connectivity index (χ0v) is 15.6. The Morgan fingerprint density at radius 2 is 1.69 bits per heavy atom. The second kappa shape index (κ2) is 9.32. The van der Waals surface area contributed by atoms with Crippen LogP contribution in [0.25, 0.3) is 0 Å². The van der Waals surface area contributed by atoms with Gasteiger partial charge in [0.15, 0.2) is 0 Å². The van der Waals surface area contributed by atoms with Gasteiger partial charge in [-0.2, -0.15) is 0 Å². The van der Waals surface area contributed by atoms with Gasteiger partial charge in [0.25, 0.3) is 0 Å². The van der Waals surface area contributed by atoms with E-state index >= 15 is 0 Å². The molecular formula is C18H25ClN4O3. The summed E-state index contributed by atoms with van der Waals surface area (Å²) in [6, 6.07) is 7.11. The fraction of sp³-hybridized carbons (Fsp3) is 0.556. The molecule has 2 saturated heterocycles. The van der Waals surface area contributed by atoms with E-state index < -0.39 is 0 Å². The summed E-state index contributed by atoms with van der Waals surface area (Å²) in [5.74, 6) is 0.0929. The van der Waals surface area contributed by atoms with Crippen molar-refractivity contribution in [2.75, 3.05) is 70.9 Å². The Morgan fingerprint density at radius 1 is 1.00 bits per heavy atom. The number of anilines is 1. The number of halogens is 1. The molecule has 0 unspecified atom stereocenters. The Hall–Kier alpha value is -1.67. The number of nitrogens with zero attached hydrogens (tertiary/aromatic N) is 3. The fourth-order valence-corrected chi connectivity index (χ4v) is 3.37. The molecular weight excluding hydrogens is 356 g/mol. The SMILES string of the molecule is O=C(CN1CCN(C(=O)CN2CCOCC2)CC1)Nc1cccc(Cl)c1. The van der Waals surface area contributed by atoms with E-state index in [9.17, 15) is 9.59 Å². The maximum Gasteiger partial charge on any atom is 0.238 e. The number of morpholine rings is 1. The highest BCUT2D eigenvalue weighted by molar-refractivity contribution is 6.30. The van der Waals surface area contributed by atoms with Gasteiger partial charge in [0.05, 0.1) is 26.3 Å². The molecule has 1 aromatic carbocycles. The third kappa shape index (κ3) is 5.67. The first kappa shape index (κ1) is 19.1. The van der Waals surface area contributed by atoms with Gasteiger partial charge in [-0.3, -0.25) is 19.4 Å². The van der Waals surface area contributed by atoms with Gasteiger partial charge in [-0.15, -0.1) is 0 Å². The first-order valence-electron chi connectivity index (χ1n) is 8.96. The van der Waals surface area contributed by atoms with Crippen molar-refractivity contribution in [3.05, 3.63) is 29.3 Å². The molecule has 3 rings (SSSR count). The van der Waals surface area contributed by atoms with Crippen LogP contribution in [0.15, 0.2) is 24.3 Å². The smallest absolute Gasteiger partial charge is 0.238 e. The Morgan fingerprint density at radius 3 is 2.38 bits per heavy atom. The molecule has 2 amide bonds. The van der Waals surface area contributed by atoms with E-state index in [4.69, 9.17) is 16.3 Å². The van der Waals surface area contributed by atoms with Crippen LogP contribution in [0.3, 0.4) is 0 Å². The monoisotopic (exact) mass is 380 g/mol. The molecule has 1 N–H and O–H groups in total. The molecule has 26 heavy (non-hydrogen) atoms. The van der Waals surface area contributed by atoms with E-state index in [2.05, 4.69) is 15.1 Å². The predicted octanol–water partition coefficient (Wildman–Crippen LogP) is 0.755. The van der Waals surface area contributed by atoms with Crippen LogP contribution >= 0.6 is 11.6 Å². The minimum absolute atomic E-state index is 0.0691.